The first-order valence-corrected chi connectivity index (χ1v) is 6.91. The molecule has 0 bridgehead atoms. The fourth-order valence-electron chi connectivity index (χ4n) is 2.74. The molecule has 1 aromatic carbocycles. The van der Waals surface area contributed by atoms with Crippen molar-refractivity contribution in [1.82, 2.24) is 5.32 Å². The van der Waals surface area contributed by atoms with Gasteiger partial charge in [-0.25, -0.2) is 0 Å². The second-order valence-corrected chi connectivity index (χ2v) is 5.33. The Balaban J connectivity index is 2.18. The van der Waals surface area contributed by atoms with Gasteiger partial charge in [-0.15, -0.1) is 0 Å². The molecule has 4 nitrogen and oxygen atoms in total. The van der Waals surface area contributed by atoms with E-state index >= 15 is 0 Å². The third kappa shape index (κ3) is 2.89. The number of primary amides is 1. The first-order valence-electron chi connectivity index (χ1n) is 6.91. The lowest BCUT2D eigenvalue weighted by Crippen LogP contribution is -2.63. The zero-order valence-electron chi connectivity index (χ0n) is 11.7. The van der Waals surface area contributed by atoms with Crippen LogP contribution >= 0.6 is 0 Å². The number of carbonyl (C=O) groups is 1. The van der Waals surface area contributed by atoms with Crippen molar-refractivity contribution in [3.05, 3.63) is 30.3 Å². The van der Waals surface area contributed by atoms with Gasteiger partial charge in [0.15, 0.2) is 0 Å². The predicted molar refractivity (Wildman–Crippen MR) is 78.0 cm³/mol. The number of rotatable bonds is 7. The number of carbonyl (C=O) groups excluding carboxylic acids is 1. The molecule has 104 valence electrons. The zero-order valence-corrected chi connectivity index (χ0v) is 11.7. The van der Waals surface area contributed by atoms with Crippen LogP contribution in [-0.2, 0) is 4.79 Å². The van der Waals surface area contributed by atoms with Crippen LogP contribution in [0, 0.1) is 5.92 Å². The van der Waals surface area contributed by atoms with Crippen LogP contribution < -0.4 is 16.0 Å². The van der Waals surface area contributed by atoms with Crippen molar-refractivity contribution < 1.29 is 4.79 Å². The number of nitrogens with two attached hydrogens (primary N) is 1. The predicted octanol–water partition coefficient (Wildman–Crippen LogP) is 1.37. The van der Waals surface area contributed by atoms with Gasteiger partial charge in [0.25, 0.3) is 0 Å². The van der Waals surface area contributed by atoms with Crippen LogP contribution in [0.4, 0.5) is 5.69 Å². The number of hydrogen-bond acceptors (Lipinski definition) is 3. The van der Waals surface area contributed by atoms with Crippen LogP contribution in [0.25, 0.3) is 0 Å². The van der Waals surface area contributed by atoms with E-state index in [4.69, 9.17) is 5.73 Å². The molecule has 4 heteroatoms. The average molecular weight is 261 g/mol. The summed E-state index contributed by atoms with van der Waals surface area (Å²) in [6.45, 7) is 3.38. The Bertz CT molecular complexity index is 430. The van der Waals surface area contributed by atoms with Gasteiger partial charge in [0.05, 0.1) is 0 Å². The molecule has 0 heterocycles. The first kappa shape index (κ1) is 13.9. The standard InChI is InChI=1S/C15H23N3O/c1-3-17-15(14(16)19,12-9-10-12)11-18(2)13-7-5-4-6-8-13/h4-8,12,17H,3,9-11H2,1-2H3,(H2,16,19). The van der Waals surface area contributed by atoms with Crippen LogP contribution in [0.2, 0.25) is 0 Å². The Morgan fingerprint density at radius 3 is 2.53 bits per heavy atom. The van der Waals surface area contributed by atoms with E-state index in [2.05, 4.69) is 10.2 Å². The van der Waals surface area contributed by atoms with E-state index in [9.17, 15) is 4.79 Å². The third-order valence-electron chi connectivity index (χ3n) is 3.89. The minimum Gasteiger partial charge on any atom is -0.372 e. The number of para-hydroxylation sites is 1. The molecule has 0 spiro atoms. The maximum absolute atomic E-state index is 12.0. The Labute approximate surface area is 115 Å². The minimum absolute atomic E-state index is 0.236. The van der Waals surface area contributed by atoms with Crippen molar-refractivity contribution in [3.8, 4) is 0 Å². The van der Waals surface area contributed by atoms with Crippen molar-refractivity contribution in [1.29, 1.82) is 0 Å². The second kappa shape index (κ2) is 5.61. The number of likely N-dealkylation sites (N-methyl/N-ethyl adjacent to an activating group) is 2. The highest BCUT2D eigenvalue weighted by atomic mass is 16.1. The van der Waals surface area contributed by atoms with Gasteiger partial charge >= 0.3 is 0 Å². The third-order valence-corrected chi connectivity index (χ3v) is 3.89. The highest BCUT2D eigenvalue weighted by molar-refractivity contribution is 5.86. The Kier molecular flexibility index (Phi) is 4.10. The molecule has 1 aliphatic rings. The Morgan fingerprint density at radius 2 is 2.05 bits per heavy atom. The number of nitrogens with zero attached hydrogens (tertiary/aromatic N) is 1. The molecule has 1 amide bonds. The summed E-state index contributed by atoms with van der Waals surface area (Å²) in [5.74, 6) is 0.135. The molecular formula is C15H23N3O. The SMILES string of the molecule is CCNC(CN(C)c1ccccc1)(C(N)=O)C1CC1. The number of anilines is 1. The van der Waals surface area contributed by atoms with Gasteiger partial charge in [-0.3, -0.25) is 4.79 Å². The largest absolute Gasteiger partial charge is 0.372 e. The fraction of sp³-hybridized carbons (Fsp3) is 0.533. The molecular weight excluding hydrogens is 238 g/mol. The van der Waals surface area contributed by atoms with E-state index in [-0.39, 0.29) is 5.91 Å². The summed E-state index contributed by atoms with van der Waals surface area (Å²) in [5.41, 5.74) is 6.20. The van der Waals surface area contributed by atoms with Gasteiger partial charge in [0.1, 0.15) is 5.54 Å². The molecule has 1 aliphatic carbocycles. The van der Waals surface area contributed by atoms with Crippen molar-refractivity contribution in [2.45, 2.75) is 25.3 Å². The summed E-state index contributed by atoms with van der Waals surface area (Å²) in [4.78, 5) is 14.1. The topological polar surface area (TPSA) is 58.4 Å². The van der Waals surface area contributed by atoms with Crippen molar-refractivity contribution >= 4 is 11.6 Å². The Morgan fingerprint density at radius 1 is 1.42 bits per heavy atom. The van der Waals surface area contributed by atoms with Crippen molar-refractivity contribution in [2.75, 3.05) is 25.0 Å². The van der Waals surface area contributed by atoms with Gasteiger partial charge in [-0.1, -0.05) is 25.1 Å². The van der Waals surface area contributed by atoms with E-state index in [1.54, 1.807) is 0 Å². The summed E-state index contributed by atoms with van der Waals surface area (Å²) < 4.78 is 0. The zero-order chi connectivity index (χ0) is 13.9. The molecule has 0 saturated heterocycles. The lowest BCUT2D eigenvalue weighted by molar-refractivity contribution is -0.124. The molecule has 3 N–H and O–H groups in total. The summed E-state index contributed by atoms with van der Waals surface area (Å²) in [6, 6.07) is 10.1. The average Bonchev–Trinajstić information content (AvgIpc) is 3.23. The van der Waals surface area contributed by atoms with Gasteiger partial charge in [-0.2, -0.15) is 0 Å². The lowest BCUT2D eigenvalue weighted by atomic mass is 9.91. The van der Waals surface area contributed by atoms with E-state index in [0.717, 1.165) is 25.1 Å². The molecule has 0 aliphatic heterocycles. The molecule has 19 heavy (non-hydrogen) atoms. The molecule has 1 aromatic rings. The molecule has 2 rings (SSSR count). The van der Waals surface area contributed by atoms with Gasteiger partial charge in [-0.05, 0) is 37.4 Å². The molecule has 1 atom stereocenters. The number of hydrogen-bond donors (Lipinski definition) is 2. The lowest BCUT2D eigenvalue weighted by Gasteiger charge is -2.36. The Hall–Kier alpha value is -1.55. The van der Waals surface area contributed by atoms with Crippen LogP contribution in [0.5, 0.6) is 0 Å². The highest BCUT2D eigenvalue weighted by Crippen LogP contribution is 2.40. The quantitative estimate of drug-likeness (QED) is 0.779. The highest BCUT2D eigenvalue weighted by Gasteiger charge is 2.49. The van der Waals surface area contributed by atoms with Crippen molar-refractivity contribution in [3.63, 3.8) is 0 Å². The van der Waals surface area contributed by atoms with E-state index < -0.39 is 5.54 Å². The first-order chi connectivity index (χ1) is 9.10. The van der Waals surface area contributed by atoms with Crippen LogP contribution in [-0.4, -0.2) is 31.6 Å². The molecule has 0 aromatic heterocycles. The second-order valence-electron chi connectivity index (χ2n) is 5.33. The fourth-order valence-corrected chi connectivity index (χ4v) is 2.74. The van der Waals surface area contributed by atoms with Gasteiger partial charge in [0, 0.05) is 19.3 Å². The van der Waals surface area contributed by atoms with E-state index in [1.807, 2.05) is 44.3 Å². The molecule has 0 radical (unpaired) electrons. The summed E-state index contributed by atoms with van der Waals surface area (Å²) in [7, 11) is 2.01. The monoisotopic (exact) mass is 261 g/mol. The van der Waals surface area contributed by atoms with E-state index in [0.29, 0.717) is 12.5 Å². The maximum atomic E-state index is 12.0. The van der Waals surface area contributed by atoms with Crippen LogP contribution in [0.1, 0.15) is 19.8 Å². The normalized spacial score (nSPS) is 17.8. The number of nitrogens with one attached hydrogen (secondary N) is 1. The minimum atomic E-state index is -0.598. The summed E-state index contributed by atoms with van der Waals surface area (Å²) >= 11 is 0. The molecule has 1 saturated carbocycles. The van der Waals surface area contributed by atoms with Gasteiger partial charge < -0.3 is 16.0 Å². The van der Waals surface area contributed by atoms with Crippen molar-refractivity contribution in [2.24, 2.45) is 11.7 Å². The van der Waals surface area contributed by atoms with E-state index in [1.165, 1.54) is 0 Å². The maximum Gasteiger partial charge on any atom is 0.239 e. The smallest absolute Gasteiger partial charge is 0.239 e. The van der Waals surface area contributed by atoms with Crippen LogP contribution in [0.3, 0.4) is 0 Å². The molecule has 1 unspecified atom stereocenters. The van der Waals surface area contributed by atoms with Crippen LogP contribution in [0.15, 0.2) is 30.3 Å². The number of amides is 1. The number of benzene rings is 1. The molecule has 1 fully saturated rings. The summed E-state index contributed by atoms with van der Waals surface area (Å²) in [5, 5.41) is 3.34. The summed E-state index contributed by atoms with van der Waals surface area (Å²) in [6.07, 6.45) is 2.16. The van der Waals surface area contributed by atoms with Gasteiger partial charge in [0.2, 0.25) is 5.91 Å².